The van der Waals surface area contributed by atoms with Gasteiger partial charge in [0.15, 0.2) is 0 Å². The molecule has 0 fully saturated rings. The number of carbonyl (C=O) groups excluding carboxylic acids is 1. The molecule has 0 aliphatic rings. The Morgan fingerprint density at radius 3 is 3.06 bits per heavy atom. The number of nitrogens with zero attached hydrogens (tertiary/aromatic N) is 1. The van der Waals surface area contributed by atoms with Crippen LogP contribution in [-0.2, 0) is 9.53 Å². The third-order valence-electron chi connectivity index (χ3n) is 2.50. The van der Waals surface area contributed by atoms with E-state index in [1.54, 1.807) is 6.92 Å². The van der Waals surface area contributed by atoms with Crippen LogP contribution in [0.3, 0.4) is 0 Å². The van der Waals surface area contributed by atoms with E-state index in [-0.39, 0.29) is 12.2 Å². The number of carbonyl (C=O) groups is 1. The van der Waals surface area contributed by atoms with Crippen LogP contribution in [0.5, 0.6) is 0 Å². The van der Waals surface area contributed by atoms with Gasteiger partial charge in [0, 0.05) is 11.7 Å². The number of hydrogen-bond donors (Lipinski definition) is 1. The first-order valence-electron chi connectivity index (χ1n) is 5.60. The number of nitriles is 1. The van der Waals surface area contributed by atoms with Crippen molar-refractivity contribution in [1.29, 1.82) is 5.26 Å². The van der Waals surface area contributed by atoms with Crippen molar-refractivity contribution in [3.8, 4) is 6.07 Å². The highest BCUT2D eigenvalue weighted by atomic mass is 16.5. The van der Waals surface area contributed by atoms with Gasteiger partial charge in [-0.3, -0.25) is 0 Å². The van der Waals surface area contributed by atoms with E-state index >= 15 is 0 Å². The Hall–Kier alpha value is -2.54. The largest absolute Gasteiger partial charge is 0.462 e. The van der Waals surface area contributed by atoms with E-state index < -0.39 is 5.97 Å². The average molecular weight is 240 g/mol. The second kappa shape index (κ2) is 5.19. The fourth-order valence-electron chi connectivity index (χ4n) is 1.67. The van der Waals surface area contributed by atoms with Gasteiger partial charge in [0.1, 0.15) is 11.6 Å². The lowest BCUT2D eigenvalue weighted by molar-refractivity contribution is -0.137. The molecule has 0 aliphatic heterocycles. The molecule has 4 nitrogen and oxygen atoms in total. The standard InChI is InChI=1S/C14H12N2O2/c1-2-18-14(17)12(9-15)8-10-3-4-13-11(7-10)5-6-16-13/h3-8,16H,2H2,1H3. The number of ether oxygens (including phenoxy) is 1. The van der Waals surface area contributed by atoms with E-state index in [2.05, 4.69) is 4.98 Å². The molecule has 0 saturated heterocycles. The number of esters is 1. The van der Waals surface area contributed by atoms with Crippen LogP contribution in [0.2, 0.25) is 0 Å². The van der Waals surface area contributed by atoms with E-state index in [0.29, 0.717) is 0 Å². The predicted octanol–water partition coefficient (Wildman–Crippen LogP) is 2.64. The van der Waals surface area contributed by atoms with Crippen LogP contribution in [0.15, 0.2) is 36.0 Å². The molecule has 0 radical (unpaired) electrons. The molecule has 1 heterocycles. The first-order valence-corrected chi connectivity index (χ1v) is 5.60. The summed E-state index contributed by atoms with van der Waals surface area (Å²) in [6.45, 7) is 1.97. The molecule has 2 aromatic rings. The van der Waals surface area contributed by atoms with Gasteiger partial charge in [-0.05, 0) is 42.1 Å². The van der Waals surface area contributed by atoms with Crippen molar-refractivity contribution in [3.63, 3.8) is 0 Å². The monoisotopic (exact) mass is 240 g/mol. The Bertz CT molecular complexity index is 647. The van der Waals surface area contributed by atoms with E-state index in [1.807, 2.05) is 36.5 Å². The zero-order valence-electron chi connectivity index (χ0n) is 9.93. The number of nitrogens with one attached hydrogen (secondary N) is 1. The number of aromatic amines is 1. The van der Waals surface area contributed by atoms with E-state index in [0.717, 1.165) is 16.5 Å². The molecule has 0 aliphatic carbocycles. The molecule has 1 N–H and O–H groups in total. The summed E-state index contributed by atoms with van der Waals surface area (Å²) < 4.78 is 4.80. The SMILES string of the molecule is CCOC(=O)C(C#N)=Cc1ccc2[nH]ccc2c1. The number of fused-ring (bicyclic) bond motifs is 1. The Morgan fingerprint density at radius 2 is 2.33 bits per heavy atom. The number of hydrogen-bond acceptors (Lipinski definition) is 3. The fourth-order valence-corrected chi connectivity index (χ4v) is 1.67. The summed E-state index contributed by atoms with van der Waals surface area (Å²) in [6, 6.07) is 9.44. The number of rotatable bonds is 3. The average Bonchev–Trinajstić information content (AvgIpc) is 2.83. The maximum atomic E-state index is 11.5. The van der Waals surface area contributed by atoms with Crippen LogP contribution in [-0.4, -0.2) is 17.6 Å². The lowest BCUT2D eigenvalue weighted by Gasteiger charge is -2.00. The van der Waals surface area contributed by atoms with Gasteiger partial charge in [0.25, 0.3) is 0 Å². The quantitative estimate of drug-likeness (QED) is 0.509. The second-order valence-corrected chi connectivity index (χ2v) is 3.71. The molecule has 0 spiro atoms. The minimum absolute atomic E-state index is 0.00624. The Labute approximate surface area is 104 Å². The maximum absolute atomic E-state index is 11.5. The Morgan fingerprint density at radius 1 is 1.50 bits per heavy atom. The minimum Gasteiger partial charge on any atom is -0.462 e. The minimum atomic E-state index is -0.589. The van der Waals surface area contributed by atoms with Crippen LogP contribution in [0.1, 0.15) is 12.5 Å². The lowest BCUT2D eigenvalue weighted by atomic mass is 10.1. The molecule has 2 rings (SSSR count). The molecule has 0 bridgehead atoms. The van der Waals surface area contributed by atoms with Gasteiger partial charge < -0.3 is 9.72 Å². The molecule has 1 aromatic carbocycles. The van der Waals surface area contributed by atoms with Gasteiger partial charge in [-0.2, -0.15) is 5.26 Å². The molecule has 18 heavy (non-hydrogen) atoms. The topological polar surface area (TPSA) is 65.9 Å². The fraction of sp³-hybridized carbons (Fsp3) is 0.143. The van der Waals surface area contributed by atoms with E-state index in [9.17, 15) is 4.79 Å². The Kier molecular flexibility index (Phi) is 3.44. The highest BCUT2D eigenvalue weighted by Crippen LogP contribution is 2.16. The van der Waals surface area contributed by atoms with Crippen molar-refractivity contribution in [2.75, 3.05) is 6.61 Å². The zero-order chi connectivity index (χ0) is 13.0. The van der Waals surface area contributed by atoms with Crippen LogP contribution in [0.25, 0.3) is 17.0 Å². The predicted molar refractivity (Wildman–Crippen MR) is 68.5 cm³/mol. The van der Waals surface area contributed by atoms with Gasteiger partial charge in [-0.25, -0.2) is 4.79 Å². The van der Waals surface area contributed by atoms with Gasteiger partial charge >= 0.3 is 5.97 Å². The van der Waals surface area contributed by atoms with E-state index in [1.165, 1.54) is 6.08 Å². The van der Waals surface area contributed by atoms with Gasteiger partial charge in [-0.15, -0.1) is 0 Å². The molecule has 90 valence electrons. The second-order valence-electron chi connectivity index (χ2n) is 3.71. The van der Waals surface area contributed by atoms with Crippen LogP contribution in [0, 0.1) is 11.3 Å². The molecular formula is C14H12N2O2. The third-order valence-corrected chi connectivity index (χ3v) is 2.50. The molecule has 4 heteroatoms. The summed E-state index contributed by atoms with van der Waals surface area (Å²) in [7, 11) is 0. The van der Waals surface area contributed by atoms with Crippen LogP contribution >= 0.6 is 0 Å². The van der Waals surface area contributed by atoms with Crippen molar-refractivity contribution >= 4 is 22.9 Å². The summed E-state index contributed by atoms with van der Waals surface area (Å²) in [5.41, 5.74) is 1.82. The molecule has 0 saturated carbocycles. The van der Waals surface area contributed by atoms with Crippen LogP contribution in [0.4, 0.5) is 0 Å². The molecule has 1 aromatic heterocycles. The smallest absolute Gasteiger partial charge is 0.348 e. The van der Waals surface area contributed by atoms with Gasteiger partial charge in [0.05, 0.1) is 6.61 Å². The highest BCUT2D eigenvalue weighted by molar-refractivity contribution is 5.98. The number of H-pyrrole nitrogens is 1. The van der Waals surface area contributed by atoms with Gasteiger partial charge in [-0.1, -0.05) is 6.07 Å². The van der Waals surface area contributed by atoms with E-state index in [4.69, 9.17) is 10.00 Å². The third kappa shape index (κ3) is 2.41. The molecule has 0 unspecified atom stereocenters. The summed E-state index contributed by atoms with van der Waals surface area (Å²) in [5.74, 6) is -0.589. The normalized spacial score (nSPS) is 11.2. The lowest BCUT2D eigenvalue weighted by Crippen LogP contribution is -2.05. The first-order chi connectivity index (χ1) is 8.74. The molecule has 0 atom stereocenters. The van der Waals surface area contributed by atoms with Crippen LogP contribution < -0.4 is 0 Å². The summed E-state index contributed by atoms with van der Waals surface area (Å²) in [4.78, 5) is 14.6. The van der Waals surface area contributed by atoms with Crippen molar-refractivity contribution in [2.45, 2.75) is 6.92 Å². The summed E-state index contributed by atoms with van der Waals surface area (Å²) in [5, 5.41) is 9.96. The van der Waals surface area contributed by atoms with Crippen molar-refractivity contribution in [1.82, 2.24) is 4.98 Å². The maximum Gasteiger partial charge on any atom is 0.348 e. The van der Waals surface area contributed by atoms with Crippen molar-refractivity contribution in [3.05, 3.63) is 41.6 Å². The highest BCUT2D eigenvalue weighted by Gasteiger charge is 2.09. The van der Waals surface area contributed by atoms with Gasteiger partial charge in [0.2, 0.25) is 0 Å². The molecular weight excluding hydrogens is 228 g/mol. The summed E-state index contributed by atoms with van der Waals surface area (Å²) >= 11 is 0. The zero-order valence-corrected chi connectivity index (χ0v) is 9.93. The van der Waals surface area contributed by atoms with Crippen molar-refractivity contribution in [2.24, 2.45) is 0 Å². The van der Waals surface area contributed by atoms with Crippen molar-refractivity contribution < 1.29 is 9.53 Å². The summed E-state index contributed by atoms with van der Waals surface area (Å²) in [6.07, 6.45) is 3.37. The number of benzene rings is 1. The first kappa shape index (κ1) is 11.9. The molecule has 0 amide bonds. The Balaban J connectivity index is 2.35. The number of aromatic nitrogens is 1.